The molecule has 5 N–H and O–H groups in total. The summed E-state index contributed by atoms with van der Waals surface area (Å²) < 4.78 is 18.0. The second-order valence-corrected chi connectivity index (χ2v) is 3.11. The second kappa shape index (κ2) is 4.78. The van der Waals surface area contributed by atoms with Crippen LogP contribution in [-0.4, -0.2) is 34.4 Å². The third kappa shape index (κ3) is 5.28. The molecule has 0 bridgehead atoms. The smallest absolute Gasteiger partial charge is 0.394 e. The lowest BCUT2D eigenvalue weighted by atomic mass is 10.4. The number of nitrogens with two attached hydrogens (primary N) is 1. The molecule has 0 aliphatic carbocycles. The first kappa shape index (κ1) is 11.0. The molecule has 2 atom stereocenters. The quantitative estimate of drug-likeness (QED) is 0.300. The van der Waals surface area contributed by atoms with Crippen molar-refractivity contribution in [3.8, 4) is 0 Å². The van der Waals surface area contributed by atoms with Gasteiger partial charge in [-0.1, -0.05) is 0 Å². The predicted octanol–water partition coefficient (Wildman–Crippen LogP) is -1.65. The molecule has 0 spiro atoms. The molecule has 8 heteroatoms. The Labute approximate surface area is 62.9 Å². The lowest BCUT2D eigenvalue weighted by Crippen LogP contribution is -2.19. The molecule has 11 heavy (non-hydrogen) atoms. The minimum absolute atomic E-state index is 0.512. The van der Waals surface area contributed by atoms with Gasteiger partial charge in [0, 0.05) is 0 Å². The van der Waals surface area contributed by atoms with Crippen LogP contribution in [0.1, 0.15) is 0 Å². The average molecular weight is 187 g/mol. The third-order valence-electron chi connectivity index (χ3n) is 0.774. The van der Waals surface area contributed by atoms with E-state index in [1.165, 1.54) is 0 Å². The molecule has 0 saturated heterocycles. The Balaban J connectivity index is 3.61. The summed E-state index contributed by atoms with van der Waals surface area (Å²) >= 11 is 0. The van der Waals surface area contributed by atoms with E-state index in [4.69, 9.17) is 15.1 Å². The van der Waals surface area contributed by atoms with Gasteiger partial charge in [0.1, 0.15) is 6.10 Å². The molecule has 0 fully saturated rings. The van der Waals surface area contributed by atoms with E-state index in [1.807, 2.05) is 0 Å². The Morgan fingerprint density at radius 3 is 2.55 bits per heavy atom. The van der Waals surface area contributed by atoms with Gasteiger partial charge in [0.15, 0.2) is 0 Å². The zero-order valence-electron chi connectivity index (χ0n) is 5.58. The summed E-state index contributed by atoms with van der Waals surface area (Å²) in [6.45, 7) is -1.08. The topological polar surface area (TPSA) is 122 Å². The Kier molecular flexibility index (Phi) is 4.78. The predicted molar refractivity (Wildman–Crippen MR) is 34.1 cm³/mol. The highest BCUT2D eigenvalue weighted by molar-refractivity contribution is 7.47. The second-order valence-electron chi connectivity index (χ2n) is 1.71. The number of phosphoric ester groups is 1. The molecule has 0 aliphatic heterocycles. The van der Waals surface area contributed by atoms with Crippen LogP contribution in [0.2, 0.25) is 0 Å². The van der Waals surface area contributed by atoms with E-state index in [2.05, 4.69) is 15.0 Å². The average Bonchev–Trinajstić information content (AvgIpc) is 2.00. The standard InChI is InChI=1S/C3H10NO6P/c4-10-11(7,8)9-2-3(6)1-5/h3,5-6H,1-2,4H2,(H,7,8). The van der Waals surface area contributed by atoms with Gasteiger partial charge in [-0.3, -0.25) is 4.52 Å². The third-order valence-corrected chi connectivity index (χ3v) is 1.52. The first-order chi connectivity index (χ1) is 5.02. The summed E-state index contributed by atoms with van der Waals surface area (Å²) in [6.07, 6.45) is -1.22. The minimum Gasteiger partial charge on any atom is -0.394 e. The molecule has 0 radical (unpaired) electrons. The molecule has 7 nitrogen and oxygen atoms in total. The lowest BCUT2D eigenvalue weighted by molar-refractivity contribution is 0.0362. The summed E-state index contributed by atoms with van der Waals surface area (Å²) in [5.41, 5.74) is 0. The highest BCUT2D eigenvalue weighted by Gasteiger charge is 2.20. The molecule has 2 unspecified atom stereocenters. The van der Waals surface area contributed by atoms with Gasteiger partial charge in [-0.15, -0.1) is 0 Å². The highest BCUT2D eigenvalue weighted by Crippen LogP contribution is 2.40. The molecule has 68 valence electrons. The normalized spacial score (nSPS) is 19.3. The Morgan fingerprint density at radius 2 is 2.18 bits per heavy atom. The monoisotopic (exact) mass is 187 g/mol. The van der Waals surface area contributed by atoms with Crippen molar-refractivity contribution in [2.45, 2.75) is 6.10 Å². The first-order valence-corrected chi connectivity index (χ1v) is 4.16. The number of hydrogen-bond acceptors (Lipinski definition) is 6. The van der Waals surface area contributed by atoms with Crippen molar-refractivity contribution in [1.29, 1.82) is 0 Å². The van der Waals surface area contributed by atoms with E-state index < -0.39 is 27.1 Å². The molecule has 0 saturated carbocycles. The van der Waals surface area contributed by atoms with Crippen molar-refractivity contribution in [3.63, 3.8) is 0 Å². The summed E-state index contributed by atoms with van der Waals surface area (Å²) in [4.78, 5) is 8.46. The van der Waals surface area contributed by atoms with Gasteiger partial charge in [-0.25, -0.2) is 15.1 Å². The molecule has 0 aromatic heterocycles. The SMILES string of the molecule is NOP(=O)(O)OCC(O)CO. The van der Waals surface area contributed by atoms with Crippen molar-refractivity contribution in [2.24, 2.45) is 5.90 Å². The fourth-order valence-electron chi connectivity index (χ4n) is 0.263. The molecular formula is C3H10NO6P. The van der Waals surface area contributed by atoms with Crippen molar-refractivity contribution in [1.82, 2.24) is 0 Å². The molecule has 0 aromatic rings. The van der Waals surface area contributed by atoms with Crippen molar-refractivity contribution < 1.29 is 28.8 Å². The molecule has 0 rings (SSSR count). The molecular weight excluding hydrogens is 177 g/mol. The van der Waals surface area contributed by atoms with Crippen LogP contribution in [0.15, 0.2) is 0 Å². The molecule has 0 heterocycles. The zero-order chi connectivity index (χ0) is 8.91. The van der Waals surface area contributed by atoms with Gasteiger partial charge >= 0.3 is 7.82 Å². The van der Waals surface area contributed by atoms with Crippen LogP contribution in [-0.2, 0) is 13.7 Å². The highest BCUT2D eigenvalue weighted by atomic mass is 31.2. The van der Waals surface area contributed by atoms with Gasteiger partial charge in [0.2, 0.25) is 0 Å². The van der Waals surface area contributed by atoms with Crippen molar-refractivity contribution >= 4 is 7.82 Å². The van der Waals surface area contributed by atoms with Crippen LogP contribution in [0.25, 0.3) is 0 Å². The summed E-state index contributed by atoms with van der Waals surface area (Å²) in [7, 11) is -4.23. The van der Waals surface area contributed by atoms with E-state index in [-0.39, 0.29) is 0 Å². The lowest BCUT2D eigenvalue weighted by Gasteiger charge is -2.10. The van der Waals surface area contributed by atoms with Crippen molar-refractivity contribution in [3.05, 3.63) is 0 Å². The van der Waals surface area contributed by atoms with Gasteiger partial charge in [0.05, 0.1) is 13.2 Å². The van der Waals surface area contributed by atoms with E-state index in [0.717, 1.165) is 0 Å². The molecule has 0 amide bonds. The number of hydrogen-bond donors (Lipinski definition) is 4. The summed E-state index contributed by atoms with van der Waals surface area (Å²) in [5.74, 6) is 4.35. The molecule has 0 aromatic carbocycles. The Morgan fingerprint density at radius 1 is 1.64 bits per heavy atom. The maximum absolute atomic E-state index is 10.4. The van der Waals surface area contributed by atoms with Crippen LogP contribution in [0.3, 0.4) is 0 Å². The summed E-state index contributed by atoms with van der Waals surface area (Å²) in [6, 6.07) is 0. The maximum atomic E-state index is 10.4. The molecule has 0 aliphatic rings. The fraction of sp³-hybridized carbons (Fsp3) is 1.00. The summed E-state index contributed by atoms with van der Waals surface area (Å²) in [5, 5.41) is 16.8. The van der Waals surface area contributed by atoms with Gasteiger partial charge in [-0.05, 0) is 0 Å². The first-order valence-electron chi connectivity index (χ1n) is 2.66. The number of phosphoric acid groups is 1. The number of aliphatic hydroxyl groups excluding tert-OH is 2. The van der Waals surface area contributed by atoms with Crippen LogP contribution in [0.4, 0.5) is 0 Å². The fourth-order valence-corrected chi connectivity index (χ4v) is 0.685. The number of rotatable bonds is 5. The maximum Gasteiger partial charge on any atom is 0.488 e. The van der Waals surface area contributed by atoms with E-state index in [1.54, 1.807) is 0 Å². The van der Waals surface area contributed by atoms with Crippen LogP contribution < -0.4 is 5.90 Å². The van der Waals surface area contributed by atoms with E-state index in [0.29, 0.717) is 0 Å². The van der Waals surface area contributed by atoms with Crippen LogP contribution in [0, 0.1) is 0 Å². The van der Waals surface area contributed by atoms with Gasteiger partial charge in [0.25, 0.3) is 0 Å². The van der Waals surface area contributed by atoms with E-state index in [9.17, 15) is 4.57 Å². The Bertz CT molecular complexity index is 151. The zero-order valence-corrected chi connectivity index (χ0v) is 6.48. The largest absolute Gasteiger partial charge is 0.488 e. The van der Waals surface area contributed by atoms with Crippen LogP contribution in [0.5, 0.6) is 0 Å². The Hall–Kier alpha value is -0.0100. The van der Waals surface area contributed by atoms with Gasteiger partial charge < -0.3 is 15.1 Å². The van der Waals surface area contributed by atoms with Crippen molar-refractivity contribution in [2.75, 3.05) is 13.2 Å². The van der Waals surface area contributed by atoms with Crippen LogP contribution >= 0.6 is 7.82 Å². The van der Waals surface area contributed by atoms with Gasteiger partial charge in [-0.2, -0.15) is 0 Å². The van der Waals surface area contributed by atoms with E-state index >= 15 is 0 Å². The minimum atomic E-state index is -4.23. The number of aliphatic hydroxyl groups is 2.